The highest BCUT2D eigenvalue weighted by Crippen LogP contribution is 2.18. The molecular weight excluding hydrogens is 234 g/mol. The summed E-state index contributed by atoms with van der Waals surface area (Å²) in [6.07, 6.45) is 0. The summed E-state index contributed by atoms with van der Waals surface area (Å²) in [7, 11) is 0. The zero-order valence-corrected chi connectivity index (χ0v) is 9.00. The predicted octanol–water partition coefficient (Wildman–Crippen LogP) is 2.67. The number of carboxylic acids is 1. The van der Waals surface area contributed by atoms with Crippen LogP contribution < -0.4 is 0 Å². The summed E-state index contributed by atoms with van der Waals surface area (Å²) in [6, 6.07) is 3.32. The zero-order valence-electron chi connectivity index (χ0n) is 7.41. The van der Waals surface area contributed by atoms with Gasteiger partial charge in [0.25, 0.3) is 0 Å². The van der Waals surface area contributed by atoms with Crippen LogP contribution in [0.15, 0.2) is 16.6 Å². The van der Waals surface area contributed by atoms with Crippen LogP contribution >= 0.6 is 15.9 Å². The smallest absolute Gasteiger partial charge is 0.354 e. The molecule has 1 N–H and O–H groups in total. The topological polar surface area (TPSA) is 50.2 Å². The first-order chi connectivity index (χ1) is 6.00. The lowest BCUT2D eigenvalue weighted by atomic mass is 10.1. The van der Waals surface area contributed by atoms with E-state index in [1.165, 1.54) is 6.07 Å². The summed E-state index contributed by atoms with van der Waals surface area (Å²) < 4.78 is 0.753. The van der Waals surface area contributed by atoms with E-state index in [-0.39, 0.29) is 11.6 Å². The quantitative estimate of drug-likeness (QED) is 0.869. The molecule has 13 heavy (non-hydrogen) atoms. The van der Waals surface area contributed by atoms with Crippen LogP contribution in [-0.4, -0.2) is 16.1 Å². The van der Waals surface area contributed by atoms with Gasteiger partial charge in [-0.1, -0.05) is 29.8 Å². The van der Waals surface area contributed by atoms with Crippen molar-refractivity contribution in [1.29, 1.82) is 0 Å². The monoisotopic (exact) mass is 243 g/mol. The minimum Gasteiger partial charge on any atom is -0.477 e. The fraction of sp³-hybridized carbons (Fsp3) is 0.333. The van der Waals surface area contributed by atoms with E-state index in [9.17, 15) is 4.79 Å². The van der Waals surface area contributed by atoms with Gasteiger partial charge in [0.1, 0.15) is 5.69 Å². The van der Waals surface area contributed by atoms with Crippen LogP contribution in [0.3, 0.4) is 0 Å². The number of halogens is 1. The Morgan fingerprint density at radius 3 is 2.62 bits per heavy atom. The van der Waals surface area contributed by atoms with Gasteiger partial charge in [-0.15, -0.1) is 0 Å². The highest BCUT2D eigenvalue weighted by molar-refractivity contribution is 9.10. The summed E-state index contributed by atoms with van der Waals surface area (Å²) in [4.78, 5) is 14.6. The van der Waals surface area contributed by atoms with Gasteiger partial charge in [0.15, 0.2) is 0 Å². The number of rotatable bonds is 2. The molecule has 0 aliphatic carbocycles. The molecule has 70 valence electrons. The van der Waals surface area contributed by atoms with E-state index in [1.54, 1.807) is 0 Å². The zero-order chi connectivity index (χ0) is 10.0. The normalized spacial score (nSPS) is 10.5. The largest absolute Gasteiger partial charge is 0.477 e. The number of aromatic carboxylic acids is 1. The fourth-order valence-corrected chi connectivity index (χ4v) is 1.37. The van der Waals surface area contributed by atoms with Crippen molar-refractivity contribution in [2.45, 2.75) is 19.8 Å². The SMILES string of the molecule is CC(C)c1cc(Br)cc(C(=O)O)n1. The third-order valence-corrected chi connectivity index (χ3v) is 2.08. The molecule has 1 aromatic heterocycles. The second-order valence-electron chi connectivity index (χ2n) is 3.06. The van der Waals surface area contributed by atoms with Crippen molar-refractivity contribution in [3.05, 3.63) is 28.0 Å². The van der Waals surface area contributed by atoms with Crippen molar-refractivity contribution >= 4 is 21.9 Å². The molecular formula is C9H10BrNO2. The number of pyridine rings is 1. The molecule has 0 aliphatic heterocycles. The van der Waals surface area contributed by atoms with Crippen molar-refractivity contribution in [3.63, 3.8) is 0 Å². The fourth-order valence-electron chi connectivity index (χ4n) is 0.923. The molecule has 0 spiro atoms. The van der Waals surface area contributed by atoms with Gasteiger partial charge < -0.3 is 5.11 Å². The Balaban J connectivity index is 3.19. The third kappa shape index (κ3) is 2.52. The first-order valence-corrected chi connectivity index (χ1v) is 4.71. The predicted molar refractivity (Wildman–Crippen MR) is 53.0 cm³/mol. The molecule has 1 rings (SSSR count). The Hall–Kier alpha value is -0.900. The lowest BCUT2D eigenvalue weighted by Crippen LogP contribution is -2.03. The van der Waals surface area contributed by atoms with Gasteiger partial charge in [-0.05, 0) is 18.1 Å². The first kappa shape index (κ1) is 10.2. The standard InChI is InChI=1S/C9H10BrNO2/c1-5(2)7-3-6(10)4-8(11-7)9(12)13/h3-5H,1-2H3,(H,12,13). The van der Waals surface area contributed by atoms with Gasteiger partial charge in [-0.25, -0.2) is 9.78 Å². The average molecular weight is 244 g/mol. The number of hydrogen-bond acceptors (Lipinski definition) is 2. The summed E-state index contributed by atoms with van der Waals surface area (Å²) in [5, 5.41) is 8.73. The van der Waals surface area contributed by atoms with Gasteiger partial charge in [0, 0.05) is 10.2 Å². The van der Waals surface area contributed by atoms with Crippen molar-refractivity contribution in [3.8, 4) is 0 Å². The van der Waals surface area contributed by atoms with Gasteiger partial charge >= 0.3 is 5.97 Å². The molecule has 0 aromatic carbocycles. The Kier molecular flexibility index (Phi) is 3.03. The Morgan fingerprint density at radius 2 is 2.15 bits per heavy atom. The lowest BCUT2D eigenvalue weighted by Gasteiger charge is -2.05. The molecule has 0 aliphatic rings. The van der Waals surface area contributed by atoms with Gasteiger partial charge in [-0.3, -0.25) is 0 Å². The summed E-state index contributed by atoms with van der Waals surface area (Å²) in [5.41, 5.74) is 0.866. The number of aromatic nitrogens is 1. The van der Waals surface area contributed by atoms with Crippen molar-refractivity contribution in [2.75, 3.05) is 0 Å². The van der Waals surface area contributed by atoms with Crippen molar-refractivity contribution in [1.82, 2.24) is 4.98 Å². The van der Waals surface area contributed by atoms with E-state index in [4.69, 9.17) is 5.11 Å². The van der Waals surface area contributed by atoms with Crippen LogP contribution in [0.5, 0.6) is 0 Å². The van der Waals surface area contributed by atoms with Gasteiger partial charge in [-0.2, -0.15) is 0 Å². The van der Waals surface area contributed by atoms with Crippen LogP contribution in [0.1, 0.15) is 35.9 Å². The van der Waals surface area contributed by atoms with E-state index < -0.39 is 5.97 Å². The molecule has 1 aromatic rings. The van der Waals surface area contributed by atoms with Crippen molar-refractivity contribution < 1.29 is 9.90 Å². The van der Waals surface area contributed by atoms with Crippen LogP contribution in [0.4, 0.5) is 0 Å². The van der Waals surface area contributed by atoms with E-state index in [0.717, 1.165) is 10.2 Å². The van der Waals surface area contributed by atoms with Crippen LogP contribution in [0.25, 0.3) is 0 Å². The number of hydrogen-bond donors (Lipinski definition) is 1. The molecule has 3 nitrogen and oxygen atoms in total. The summed E-state index contributed by atoms with van der Waals surface area (Å²) in [5.74, 6) is -0.765. The van der Waals surface area contributed by atoms with E-state index in [2.05, 4.69) is 20.9 Å². The molecule has 0 atom stereocenters. The van der Waals surface area contributed by atoms with Crippen molar-refractivity contribution in [2.24, 2.45) is 0 Å². The Bertz CT molecular complexity index is 336. The Labute approximate surface area is 84.9 Å². The van der Waals surface area contributed by atoms with Gasteiger partial charge in [0.2, 0.25) is 0 Å². The maximum Gasteiger partial charge on any atom is 0.354 e. The minimum absolute atomic E-state index is 0.0816. The second kappa shape index (κ2) is 3.87. The maximum absolute atomic E-state index is 10.6. The molecule has 0 saturated heterocycles. The molecule has 0 amide bonds. The number of nitrogens with zero attached hydrogens (tertiary/aromatic N) is 1. The third-order valence-electron chi connectivity index (χ3n) is 1.62. The molecule has 0 bridgehead atoms. The maximum atomic E-state index is 10.6. The van der Waals surface area contributed by atoms with E-state index in [1.807, 2.05) is 19.9 Å². The first-order valence-electron chi connectivity index (χ1n) is 3.91. The summed E-state index contributed by atoms with van der Waals surface area (Å²) in [6.45, 7) is 3.95. The van der Waals surface area contributed by atoms with Crippen LogP contribution in [0.2, 0.25) is 0 Å². The highest BCUT2D eigenvalue weighted by Gasteiger charge is 2.09. The highest BCUT2D eigenvalue weighted by atomic mass is 79.9. The number of carboxylic acid groups (broad SMARTS) is 1. The summed E-state index contributed by atoms with van der Waals surface area (Å²) >= 11 is 3.25. The number of carbonyl (C=O) groups is 1. The van der Waals surface area contributed by atoms with Crippen LogP contribution in [0, 0.1) is 0 Å². The molecule has 0 saturated carbocycles. The second-order valence-corrected chi connectivity index (χ2v) is 3.97. The lowest BCUT2D eigenvalue weighted by molar-refractivity contribution is 0.0690. The van der Waals surface area contributed by atoms with E-state index >= 15 is 0 Å². The molecule has 1 heterocycles. The van der Waals surface area contributed by atoms with Gasteiger partial charge in [0.05, 0.1) is 0 Å². The Morgan fingerprint density at radius 1 is 1.54 bits per heavy atom. The molecule has 0 fully saturated rings. The molecule has 0 unspecified atom stereocenters. The molecule has 0 radical (unpaired) electrons. The van der Waals surface area contributed by atoms with E-state index in [0.29, 0.717) is 0 Å². The average Bonchev–Trinajstić information content (AvgIpc) is 2.03. The molecule has 4 heteroatoms. The minimum atomic E-state index is -0.997. The van der Waals surface area contributed by atoms with Crippen LogP contribution in [-0.2, 0) is 0 Å².